The van der Waals surface area contributed by atoms with Crippen LogP contribution in [-0.2, 0) is 23.0 Å². The first-order valence-electron chi connectivity index (χ1n) is 9.05. The normalized spacial score (nSPS) is 12.0. The van der Waals surface area contributed by atoms with Crippen LogP contribution in [0.5, 0.6) is 0 Å². The average molecular weight is 390 g/mol. The summed E-state index contributed by atoms with van der Waals surface area (Å²) >= 11 is 0. The van der Waals surface area contributed by atoms with Crippen LogP contribution >= 0.6 is 0 Å². The van der Waals surface area contributed by atoms with Crippen molar-refractivity contribution in [1.29, 1.82) is 0 Å². The molecule has 27 heavy (non-hydrogen) atoms. The van der Waals surface area contributed by atoms with Gasteiger partial charge >= 0.3 is 0 Å². The van der Waals surface area contributed by atoms with E-state index in [9.17, 15) is 8.42 Å². The topological polar surface area (TPSA) is 95.5 Å². The lowest BCUT2D eigenvalue weighted by Crippen LogP contribution is -2.41. The Hall–Kier alpha value is -2.45. The standard InChI is InChI=1S/C19H27N5O2S/c1-3-16-8-5-6-9-17(16)14-23-19(21-4-2)22-12-13-24-27(25,26)18-10-7-11-20-15-18/h5-11,15,24H,3-4,12-14H2,1-2H3,(H2,21,22,23). The maximum atomic E-state index is 12.2. The van der Waals surface area contributed by atoms with Gasteiger partial charge in [0, 0.05) is 32.0 Å². The van der Waals surface area contributed by atoms with Crippen molar-refractivity contribution in [3.05, 3.63) is 59.9 Å². The summed E-state index contributed by atoms with van der Waals surface area (Å²) in [4.78, 5) is 8.58. The van der Waals surface area contributed by atoms with Gasteiger partial charge in [0.15, 0.2) is 5.96 Å². The van der Waals surface area contributed by atoms with E-state index in [4.69, 9.17) is 0 Å². The zero-order valence-corrected chi connectivity index (χ0v) is 16.6. The number of nitrogens with one attached hydrogen (secondary N) is 3. The van der Waals surface area contributed by atoms with Gasteiger partial charge in [0.2, 0.25) is 10.0 Å². The van der Waals surface area contributed by atoms with Crippen molar-refractivity contribution in [3.8, 4) is 0 Å². The fraction of sp³-hybridized carbons (Fsp3) is 0.368. The number of sulfonamides is 1. The van der Waals surface area contributed by atoms with Gasteiger partial charge in [0.05, 0.1) is 6.54 Å². The molecule has 0 saturated carbocycles. The Labute approximate surface area is 161 Å². The van der Waals surface area contributed by atoms with E-state index >= 15 is 0 Å². The van der Waals surface area contributed by atoms with Crippen LogP contribution in [0.25, 0.3) is 0 Å². The Kier molecular flexibility index (Phi) is 8.22. The SMILES string of the molecule is CCNC(=NCc1ccccc1CC)NCCNS(=O)(=O)c1cccnc1. The molecule has 1 aromatic carbocycles. The highest BCUT2D eigenvalue weighted by molar-refractivity contribution is 7.89. The van der Waals surface area contributed by atoms with Gasteiger partial charge in [-0.1, -0.05) is 31.2 Å². The van der Waals surface area contributed by atoms with Crippen LogP contribution in [0, 0.1) is 0 Å². The molecule has 2 aromatic rings. The van der Waals surface area contributed by atoms with Gasteiger partial charge in [-0.05, 0) is 36.6 Å². The Morgan fingerprint density at radius 1 is 1.04 bits per heavy atom. The molecule has 0 saturated heterocycles. The van der Waals surface area contributed by atoms with E-state index in [0.717, 1.165) is 13.0 Å². The number of hydrogen-bond acceptors (Lipinski definition) is 4. The first kappa shape index (κ1) is 20.9. The lowest BCUT2D eigenvalue weighted by molar-refractivity contribution is 0.580. The monoisotopic (exact) mass is 389 g/mol. The molecule has 0 radical (unpaired) electrons. The van der Waals surface area contributed by atoms with Crippen molar-refractivity contribution < 1.29 is 8.42 Å². The fourth-order valence-corrected chi connectivity index (χ4v) is 3.51. The molecular weight excluding hydrogens is 362 g/mol. The maximum Gasteiger partial charge on any atom is 0.242 e. The third kappa shape index (κ3) is 6.65. The van der Waals surface area contributed by atoms with E-state index in [1.54, 1.807) is 6.07 Å². The van der Waals surface area contributed by atoms with Gasteiger partial charge in [0.25, 0.3) is 0 Å². The molecule has 0 amide bonds. The van der Waals surface area contributed by atoms with E-state index in [1.165, 1.54) is 29.6 Å². The van der Waals surface area contributed by atoms with Crippen molar-refractivity contribution in [1.82, 2.24) is 20.3 Å². The number of hydrogen-bond donors (Lipinski definition) is 3. The van der Waals surface area contributed by atoms with Crippen LogP contribution in [0.3, 0.4) is 0 Å². The van der Waals surface area contributed by atoms with Crippen molar-refractivity contribution in [3.63, 3.8) is 0 Å². The molecule has 0 fully saturated rings. The van der Waals surface area contributed by atoms with Crippen molar-refractivity contribution in [2.24, 2.45) is 4.99 Å². The van der Waals surface area contributed by atoms with E-state index in [2.05, 4.69) is 44.4 Å². The molecular formula is C19H27N5O2S. The molecule has 1 aromatic heterocycles. The minimum Gasteiger partial charge on any atom is -0.357 e. The van der Waals surface area contributed by atoms with Gasteiger partial charge in [-0.3, -0.25) is 4.98 Å². The van der Waals surface area contributed by atoms with Crippen LogP contribution in [-0.4, -0.2) is 39.0 Å². The summed E-state index contributed by atoms with van der Waals surface area (Å²) in [6, 6.07) is 11.3. The molecule has 0 spiro atoms. The maximum absolute atomic E-state index is 12.2. The number of pyridine rings is 1. The summed E-state index contributed by atoms with van der Waals surface area (Å²) in [7, 11) is -3.55. The zero-order valence-electron chi connectivity index (χ0n) is 15.8. The highest BCUT2D eigenvalue weighted by Gasteiger charge is 2.12. The van der Waals surface area contributed by atoms with E-state index in [-0.39, 0.29) is 11.4 Å². The average Bonchev–Trinajstić information content (AvgIpc) is 2.70. The smallest absolute Gasteiger partial charge is 0.242 e. The van der Waals surface area contributed by atoms with Gasteiger partial charge in [0.1, 0.15) is 4.90 Å². The molecule has 1 heterocycles. The van der Waals surface area contributed by atoms with Gasteiger partial charge in [-0.25, -0.2) is 18.1 Å². The Morgan fingerprint density at radius 2 is 1.81 bits per heavy atom. The second-order valence-corrected chi connectivity index (χ2v) is 7.60. The molecule has 3 N–H and O–H groups in total. The van der Waals surface area contributed by atoms with Crippen LogP contribution in [0.2, 0.25) is 0 Å². The summed E-state index contributed by atoms with van der Waals surface area (Å²) in [6.45, 7) is 6.07. The third-order valence-electron chi connectivity index (χ3n) is 3.91. The second-order valence-electron chi connectivity index (χ2n) is 5.83. The molecule has 0 atom stereocenters. The number of guanidine groups is 1. The minimum absolute atomic E-state index is 0.154. The van der Waals surface area contributed by atoms with E-state index in [0.29, 0.717) is 19.0 Å². The largest absolute Gasteiger partial charge is 0.357 e. The van der Waals surface area contributed by atoms with Crippen molar-refractivity contribution in [2.45, 2.75) is 31.7 Å². The number of benzene rings is 1. The number of nitrogens with zero attached hydrogens (tertiary/aromatic N) is 2. The molecule has 146 valence electrons. The van der Waals surface area contributed by atoms with Crippen molar-refractivity contribution in [2.75, 3.05) is 19.6 Å². The number of rotatable bonds is 9. The van der Waals surface area contributed by atoms with Crippen molar-refractivity contribution >= 4 is 16.0 Å². The van der Waals surface area contributed by atoms with Crippen LogP contribution < -0.4 is 15.4 Å². The van der Waals surface area contributed by atoms with E-state index in [1.807, 2.05) is 19.1 Å². The van der Waals surface area contributed by atoms with E-state index < -0.39 is 10.0 Å². The summed E-state index contributed by atoms with van der Waals surface area (Å²) in [5.74, 6) is 0.656. The van der Waals surface area contributed by atoms with Gasteiger partial charge in [-0.2, -0.15) is 0 Å². The molecule has 0 aliphatic carbocycles. The quantitative estimate of drug-likeness (QED) is 0.345. The lowest BCUT2D eigenvalue weighted by Gasteiger charge is -2.13. The first-order valence-corrected chi connectivity index (χ1v) is 10.5. The van der Waals surface area contributed by atoms with Gasteiger partial charge < -0.3 is 10.6 Å². The number of aliphatic imine (C=N–C) groups is 1. The predicted molar refractivity (Wildman–Crippen MR) is 108 cm³/mol. The van der Waals surface area contributed by atoms with Crippen LogP contribution in [0.15, 0.2) is 58.7 Å². The second kappa shape index (κ2) is 10.6. The lowest BCUT2D eigenvalue weighted by atomic mass is 10.1. The number of aryl methyl sites for hydroxylation is 1. The summed E-state index contributed by atoms with van der Waals surface area (Å²) in [5.41, 5.74) is 2.47. The molecule has 0 unspecified atom stereocenters. The summed E-state index contributed by atoms with van der Waals surface area (Å²) in [6.07, 6.45) is 3.83. The molecule has 0 aliphatic heterocycles. The highest BCUT2D eigenvalue weighted by atomic mass is 32.2. The van der Waals surface area contributed by atoms with Crippen LogP contribution in [0.1, 0.15) is 25.0 Å². The first-order chi connectivity index (χ1) is 13.1. The highest BCUT2D eigenvalue weighted by Crippen LogP contribution is 2.10. The van der Waals surface area contributed by atoms with Gasteiger partial charge in [-0.15, -0.1) is 0 Å². The third-order valence-corrected chi connectivity index (χ3v) is 5.35. The molecule has 0 aliphatic rings. The minimum atomic E-state index is -3.55. The number of aromatic nitrogens is 1. The fourth-order valence-electron chi connectivity index (χ4n) is 2.52. The Morgan fingerprint density at radius 3 is 2.48 bits per heavy atom. The molecule has 7 nitrogen and oxygen atoms in total. The molecule has 2 rings (SSSR count). The predicted octanol–water partition coefficient (Wildman–Crippen LogP) is 1.68. The molecule has 8 heteroatoms. The summed E-state index contributed by atoms with van der Waals surface area (Å²) < 4.78 is 26.9. The summed E-state index contributed by atoms with van der Waals surface area (Å²) in [5, 5.41) is 6.32. The molecule has 0 bridgehead atoms. The van der Waals surface area contributed by atoms with Crippen LogP contribution in [0.4, 0.5) is 0 Å². The Balaban J connectivity index is 1.89. The Bertz CT molecular complexity index is 838. The zero-order chi connectivity index (χ0) is 19.5.